The SMILES string of the molecule is CCOC(=O)c1sc2c(c1N)c(=O)c1ccccc1n2-c1ccc(Cl)cc1. The highest BCUT2D eigenvalue weighted by Gasteiger charge is 2.23. The zero-order valence-corrected chi connectivity index (χ0v) is 15.9. The van der Waals surface area contributed by atoms with Crippen LogP contribution in [0.2, 0.25) is 5.02 Å². The topological polar surface area (TPSA) is 74.3 Å². The predicted octanol–water partition coefficient (Wildman–Crippen LogP) is 4.62. The second-order valence-electron chi connectivity index (χ2n) is 5.90. The molecular weight excluding hydrogens is 384 g/mol. The van der Waals surface area contributed by atoms with Gasteiger partial charge < -0.3 is 15.0 Å². The molecule has 2 aromatic carbocycles. The van der Waals surface area contributed by atoms with Crippen molar-refractivity contribution in [2.75, 3.05) is 12.3 Å². The number of rotatable bonds is 3. The molecule has 5 nitrogen and oxygen atoms in total. The van der Waals surface area contributed by atoms with Gasteiger partial charge in [-0.05, 0) is 43.3 Å². The summed E-state index contributed by atoms with van der Waals surface area (Å²) in [6.07, 6.45) is 0. The number of nitrogen functional groups attached to an aromatic ring is 1. The average molecular weight is 399 g/mol. The molecule has 0 fully saturated rings. The van der Waals surface area contributed by atoms with Crippen LogP contribution in [0.3, 0.4) is 0 Å². The number of halogens is 1. The van der Waals surface area contributed by atoms with Gasteiger partial charge in [-0.2, -0.15) is 0 Å². The molecule has 2 aromatic heterocycles. The largest absolute Gasteiger partial charge is 0.462 e. The maximum atomic E-state index is 13.1. The Bertz CT molecular complexity index is 1240. The van der Waals surface area contributed by atoms with Gasteiger partial charge in [0.15, 0.2) is 5.43 Å². The molecule has 0 radical (unpaired) electrons. The number of para-hydroxylation sites is 1. The van der Waals surface area contributed by atoms with E-state index in [0.29, 0.717) is 20.6 Å². The Morgan fingerprint density at radius 1 is 1.19 bits per heavy atom. The third kappa shape index (κ3) is 2.78. The zero-order valence-electron chi connectivity index (χ0n) is 14.4. The summed E-state index contributed by atoms with van der Waals surface area (Å²) in [6.45, 7) is 1.96. The molecule has 0 saturated carbocycles. The summed E-state index contributed by atoms with van der Waals surface area (Å²) in [5, 5.41) is 1.47. The summed E-state index contributed by atoms with van der Waals surface area (Å²) in [4.78, 5) is 26.2. The minimum atomic E-state index is -0.526. The van der Waals surface area contributed by atoms with Gasteiger partial charge in [0, 0.05) is 16.1 Å². The quantitative estimate of drug-likeness (QED) is 0.511. The molecule has 27 heavy (non-hydrogen) atoms. The summed E-state index contributed by atoms with van der Waals surface area (Å²) in [5.41, 5.74) is 7.72. The molecule has 0 aliphatic heterocycles. The molecule has 2 N–H and O–H groups in total. The van der Waals surface area contributed by atoms with Crippen molar-refractivity contribution in [2.45, 2.75) is 6.92 Å². The number of hydrogen-bond donors (Lipinski definition) is 1. The van der Waals surface area contributed by atoms with Crippen molar-refractivity contribution < 1.29 is 9.53 Å². The van der Waals surface area contributed by atoms with Gasteiger partial charge in [0.1, 0.15) is 9.71 Å². The maximum absolute atomic E-state index is 13.1. The molecule has 0 aliphatic rings. The van der Waals surface area contributed by atoms with Crippen LogP contribution in [0.5, 0.6) is 0 Å². The van der Waals surface area contributed by atoms with Crippen molar-refractivity contribution in [2.24, 2.45) is 0 Å². The fourth-order valence-corrected chi connectivity index (χ4v) is 4.38. The summed E-state index contributed by atoms with van der Waals surface area (Å²) < 4.78 is 7.02. The number of carbonyl (C=O) groups excluding carboxylic acids is 1. The van der Waals surface area contributed by atoms with Crippen molar-refractivity contribution in [1.29, 1.82) is 0 Å². The fourth-order valence-electron chi connectivity index (χ4n) is 3.11. The van der Waals surface area contributed by atoms with E-state index in [4.69, 9.17) is 22.1 Å². The van der Waals surface area contributed by atoms with Crippen molar-refractivity contribution >= 4 is 55.7 Å². The third-order valence-electron chi connectivity index (χ3n) is 4.29. The lowest BCUT2D eigenvalue weighted by atomic mass is 10.1. The highest BCUT2D eigenvalue weighted by molar-refractivity contribution is 7.21. The van der Waals surface area contributed by atoms with E-state index in [1.54, 1.807) is 31.2 Å². The molecule has 0 atom stereocenters. The molecule has 0 bridgehead atoms. The van der Waals surface area contributed by atoms with E-state index in [1.807, 2.05) is 28.8 Å². The van der Waals surface area contributed by atoms with Gasteiger partial charge in [0.05, 0.1) is 23.2 Å². The Hall–Kier alpha value is -2.83. The minimum Gasteiger partial charge on any atom is -0.462 e. The number of hydrogen-bond acceptors (Lipinski definition) is 5. The predicted molar refractivity (Wildman–Crippen MR) is 110 cm³/mol. The van der Waals surface area contributed by atoms with Crippen molar-refractivity contribution in [1.82, 2.24) is 4.57 Å². The Balaban J connectivity index is 2.17. The second kappa shape index (κ2) is 6.72. The lowest BCUT2D eigenvalue weighted by molar-refractivity contribution is 0.0533. The number of nitrogens with zero attached hydrogens (tertiary/aromatic N) is 1. The van der Waals surface area contributed by atoms with Crippen LogP contribution in [0.15, 0.2) is 53.3 Å². The van der Waals surface area contributed by atoms with Crippen LogP contribution in [0, 0.1) is 0 Å². The van der Waals surface area contributed by atoms with Crippen LogP contribution >= 0.6 is 22.9 Å². The van der Waals surface area contributed by atoms with Crippen LogP contribution in [0.25, 0.3) is 26.8 Å². The third-order valence-corrected chi connectivity index (χ3v) is 5.71. The molecule has 4 aromatic rings. The van der Waals surface area contributed by atoms with Crippen LogP contribution in [0.1, 0.15) is 16.6 Å². The van der Waals surface area contributed by atoms with Gasteiger partial charge in [-0.1, -0.05) is 23.7 Å². The van der Waals surface area contributed by atoms with Gasteiger partial charge in [0.2, 0.25) is 0 Å². The number of anilines is 1. The number of thiophene rings is 1. The number of aromatic nitrogens is 1. The van der Waals surface area contributed by atoms with E-state index in [9.17, 15) is 9.59 Å². The van der Waals surface area contributed by atoms with Crippen LogP contribution in [-0.4, -0.2) is 17.1 Å². The van der Waals surface area contributed by atoms with Crippen LogP contribution < -0.4 is 11.2 Å². The fraction of sp³-hybridized carbons (Fsp3) is 0.100. The number of esters is 1. The number of fused-ring (bicyclic) bond motifs is 2. The van der Waals surface area contributed by atoms with Crippen molar-refractivity contribution in [3.05, 3.63) is 68.7 Å². The number of nitrogens with two attached hydrogens (primary N) is 1. The van der Waals surface area contributed by atoms with Gasteiger partial charge in [0.25, 0.3) is 0 Å². The van der Waals surface area contributed by atoms with Gasteiger partial charge in [-0.3, -0.25) is 4.79 Å². The van der Waals surface area contributed by atoms with E-state index < -0.39 is 5.97 Å². The highest BCUT2D eigenvalue weighted by Crippen LogP contribution is 2.36. The molecular formula is C20H15ClN2O3S. The summed E-state index contributed by atoms with van der Waals surface area (Å²) in [7, 11) is 0. The van der Waals surface area contributed by atoms with E-state index in [1.165, 1.54) is 0 Å². The molecule has 0 aliphatic carbocycles. The van der Waals surface area contributed by atoms with Crippen LogP contribution in [-0.2, 0) is 4.74 Å². The van der Waals surface area contributed by atoms with Crippen molar-refractivity contribution in [3.63, 3.8) is 0 Å². The molecule has 0 amide bonds. The van der Waals surface area contributed by atoms with E-state index >= 15 is 0 Å². The number of carbonyl (C=O) groups is 1. The van der Waals surface area contributed by atoms with Gasteiger partial charge >= 0.3 is 5.97 Å². The lowest BCUT2D eigenvalue weighted by Gasteiger charge is -2.13. The molecule has 0 unspecified atom stereocenters. The molecule has 2 heterocycles. The normalized spacial score (nSPS) is 11.2. The molecule has 136 valence electrons. The van der Waals surface area contributed by atoms with E-state index in [0.717, 1.165) is 22.5 Å². The van der Waals surface area contributed by atoms with E-state index in [2.05, 4.69) is 0 Å². The minimum absolute atomic E-state index is 0.159. The van der Waals surface area contributed by atoms with Gasteiger partial charge in [-0.25, -0.2) is 4.79 Å². The van der Waals surface area contributed by atoms with Crippen molar-refractivity contribution in [3.8, 4) is 5.69 Å². The standard InChI is InChI=1S/C20H15ClN2O3S/c1-2-26-20(25)18-16(22)15-17(24)13-5-3-4-6-14(13)23(19(15)27-18)12-9-7-11(21)8-10-12/h3-10H,2,22H2,1H3. The smallest absolute Gasteiger partial charge is 0.350 e. The Kier molecular flexibility index (Phi) is 4.37. The molecule has 0 spiro atoms. The maximum Gasteiger partial charge on any atom is 0.350 e. The first-order chi connectivity index (χ1) is 13.0. The first-order valence-electron chi connectivity index (χ1n) is 8.31. The Morgan fingerprint density at radius 3 is 2.59 bits per heavy atom. The summed E-state index contributed by atoms with van der Waals surface area (Å²) >= 11 is 7.19. The first kappa shape index (κ1) is 17.6. The Labute approximate surface area is 163 Å². The number of benzene rings is 2. The molecule has 4 rings (SSSR count). The Morgan fingerprint density at radius 2 is 1.89 bits per heavy atom. The highest BCUT2D eigenvalue weighted by atomic mass is 35.5. The lowest BCUT2D eigenvalue weighted by Crippen LogP contribution is -2.10. The number of pyridine rings is 1. The van der Waals surface area contributed by atoms with E-state index in [-0.39, 0.29) is 22.6 Å². The van der Waals surface area contributed by atoms with Gasteiger partial charge in [-0.15, -0.1) is 11.3 Å². The summed E-state index contributed by atoms with van der Waals surface area (Å²) in [6, 6.07) is 14.6. The second-order valence-corrected chi connectivity index (χ2v) is 7.34. The van der Waals surface area contributed by atoms with Crippen LogP contribution in [0.4, 0.5) is 5.69 Å². The monoisotopic (exact) mass is 398 g/mol. The molecule has 7 heteroatoms. The number of ether oxygens (including phenoxy) is 1. The molecule has 0 saturated heterocycles. The summed E-state index contributed by atoms with van der Waals surface area (Å²) in [5.74, 6) is -0.526. The zero-order chi connectivity index (χ0) is 19.1. The average Bonchev–Trinajstić information content (AvgIpc) is 3.01. The first-order valence-corrected chi connectivity index (χ1v) is 9.51.